The van der Waals surface area contributed by atoms with Crippen LogP contribution in [0.3, 0.4) is 0 Å². The monoisotopic (exact) mass is 324 g/mol. The number of hydrogen-bond donors (Lipinski definition) is 0. The van der Waals surface area contributed by atoms with Gasteiger partial charge in [-0.2, -0.15) is 11.3 Å². The van der Waals surface area contributed by atoms with Gasteiger partial charge in [0.05, 0.1) is 7.11 Å². The van der Waals surface area contributed by atoms with Gasteiger partial charge in [0, 0.05) is 5.33 Å². The third-order valence-electron chi connectivity index (χ3n) is 3.01. The first-order valence-electron chi connectivity index (χ1n) is 6.01. The molecule has 0 fully saturated rings. The average Bonchev–Trinajstić information content (AvgIpc) is 2.91. The van der Waals surface area contributed by atoms with E-state index in [1.54, 1.807) is 18.4 Å². The van der Waals surface area contributed by atoms with Crippen LogP contribution in [0.1, 0.15) is 11.1 Å². The maximum absolute atomic E-state index is 5.18. The van der Waals surface area contributed by atoms with Crippen molar-refractivity contribution in [3.05, 3.63) is 52.2 Å². The minimum Gasteiger partial charge on any atom is -0.497 e. The summed E-state index contributed by atoms with van der Waals surface area (Å²) in [6.45, 7) is 0. The van der Waals surface area contributed by atoms with Crippen LogP contribution in [0.15, 0.2) is 41.1 Å². The highest BCUT2D eigenvalue weighted by atomic mass is 79.9. The molecule has 2 rings (SSSR count). The van der Waals surface area contributed by atoms with Crippen LogP contribution in [0.5, 0.6) is 5.75 Å². The molecule has 1 atom stereocenters. The molecule has 0 bridgehead atoms. The quantitative estimate of drug-likeness (QED) is 0.708. The molecule has 3 heteroatoms. The summed E-state index contributed by atoms with van der Waals surface area (Å²) in [7, 11) is 1.70. The van der Waals surface area contributed by atoms with Gasteiger partial charge >= 0.3 is 0 Å². The van der Waals surface area contributed by atoms with Crippen LogP contribution in [0.4, 0.5) is 0 Å². The third kappa shape index (κ3) is 3.85. The zero-order valence-corrected chi connectivity index (χ0v) is 12.8. The fourth-order valence-electron chi connectivity index (χ4n) is 2.02. The van der Waals surface area contributed by atoms with Crippen molar-refractivity contribution in [3.63, 3.8) is 0 Å². The number of ether oxygens (including phenoxy) is 1. The number of halogens is 1. The van der Waals surface area contributed by atoms with Crippen molar-refractivity contribution in [2.75, 3.05) is 12.4 Å². The lowest BCUT2D eigenvalue weighted by molar-refractivity contribution is 0.414. The van der Waals surface area contributed by atoms with E-state index >= 15 is 0 Å². The lowest BCUT2D eigenvalue weighted by Crippen LogP contribution is -2.09. The molecule has 0 aliphatic carbocycles. The Bertz CT molecular complexity index is 450. The SMILES string of the molecule is COc1ccc(CC(CBr)Cc2ccsc2)cc1. The maximum Gasteiger partial charge on any atom is 0.118 e. The van der Waals surface area contributed by atoms with Gasteiger partial charge in [0.2, 0.25) is 0 Å². The number of thiophene rings is 1. The maximum atomic E-state index is 5.18. The molecule has 1 aromatic carbocycles. The molecule has 0 amide bonds. The molecule has 1 nitrogen and oxygen atoms in total. The Hall–Kier alpha value is -0.800. The second-order valence-electron chi connectivity index (χ2n) is 4.41. The van der Waals surface area contributed by atoms with E-state index in [9.17, 15) is 0 Å². The summed E-state index contributed by atoms with van der Waals surface area (Å²) in [5.41, 5.74) is 2.81. The molecule has 96 valence electrons. The molecule has 1 heterocycles. The lowest BCUT2D eigenvalue weighted by atomic mass is 9.95. The topological polar surface area (TPSA) is 9.23 Å². The molecule has 0 spiro atoms. The molecule has 0 aliphatic heterocycles. The Balaban J connectivity index is 1.96. The van der Waals surface area contributed by atoms with Crippen molar-refractivity contribution in [1.29, 1.82) is 0 Å². The predicted octanol–water partition coefficient (Wildman–Crippen LogP) is 4.55. The second kappa shape index (κ2) is 6.95. The van der Waals surface area contributed by atoms with E-state index in [2.05, 4.69) is 44.9 Å². The van der Waals surface area contributed by atoms with Gasteiger partial charge in [-0.25, -0.2) is 0 Å². The smallest absolute Gasteiger partial charge is 0.118 e. The van der Waals surface area contributed by atoms with Crippen LogP contribution in [0.2, 0.25) is 0 Å². The Labute approximate surface area is 121 Å². The number of alkyl halides is 1. The first-order chi connectivity index (χ1) is 8.81. The zero-order valence-electron chi connectivity index (χ0n) is 10.4. The molecule has 1 unspecified atom stereocenters. The summed E-state index contributed by atoms with van der Waals surface area (Å²) < 4.78 is 5.18. The number of benzene rings is 1. The lowest BCUT2D eigenvalue weighted by Gasteiger charge is -2.13. The molecule has 0 saturated heterocycles. The minimum atomic E-state index is 0.646. The van der Waals surface area contributed by atoms with Gasteiger partial charge in [-0.1, -0.05) is 28.1 Å². The molecule has 0 aliphatic rings. The fraction of sp³-hybridized carbons (Fsp3) is 0.333. The second-order valence-corrected chi connectivity index (χ2v) is 5.84. The van der Waals surface area contributed by atoms with Crippen molar-refractivity contribution in [3.8, 4) is 5.75 Å². The van der Waals surface area contributed by atoms with Crippen LogP contribution < -0.4 is 4.74 Å². The van der Waals surface area contributed by atoms with Crippen LogP contribution in [0.25, 0.3) is 0 Å². The third-order valence-corrected chi connectivity index (χ3v) is 4.65. The van der Waals surface area contributed by atoms with Gasteiger partial charge in [0.15, 0.2) is 0 Å². The zero-order chi connectivity index (χ0) is 12.8. The Morgan fingerprint density at radius 3 is 2.39 bits per heavy atom. The van der Waals surface area contributed by atoms with Gasteiger partial charge in [0.25, 0.3) is 0 Å². The molecular formula is C15H17BrOS. The summed E-state index contributed by atoms with van der Waals surface area (Å²) in [6.07, 6.45) is 2.24. The Morgan fingerprint density at radius 2 is 1.83 bits per heavy atom. The summed E-state index contributed by atoms with van der Waals surface area (Å²) >= 11 is 5.40. The van der Waals surface area contributed by atoms with Crippen LogP contribution in [0, 0.1) is 5.92 Å². The normalized spacial score (nSPS) is 12.3. The number of rotatable bonds is 6. The van der Waals surface area contributed by atoms with E-state index < -0.39 is 0 Å². The minimum absolute atomic E-state index is 0.646. The van der Waals surface area contributed by atoms with Gasteiger partial charge in [-0.15, -0.1) is 0 Å². The van der Waals surface area contributed by atoms with Crippen LogP contribution >= 0.6 is 27.3 Å². The molecule has 0 saturated carbocycles. The number of methoxy groups -OCH3 is 1. The molecule has 2 aromatic rings. The van der Waals surface area contributed by atoms with Gasteiger partial charge < -0.3 is 4.74 Å². The fourth-order valence-corrected chi connectivity index (χ4v) is 3.16. The highest BCUT2D eigenvalue weighted by Crippen LogP contribution is 2.20. The Morgan fingerprint density at radius 1 is 1.11 bits per heavy atom. The number of hydrogen-bond acceptors (Lipinski definition) is 2. The standard InChI is InChI=1S/C15H17BrOS/c1-17-15-4-2-12(3-5-15)8-14(10-16)9-13-6-7-18-11-13/h2-7,11,14H,8-10H2,1H3. The summed E-state index contributed by atoms with van der Waals surface area (Å²) in [5, 5.41) is 5.42. The summed E-state index contributed by atoms with van der Waals surface area (Å²) in [4.78, 5) is 0. The van der Waals surface area contributed by atoms with E-state index in [1.807, 2.05) is 12.1 Å². The summed E-state index contributed by atoms with van der Waals surface area (Å²) in [6, 6.07) is 10.6. The largest absolute Gasteiger partial charge is 0.497 e. The van der Waals surface area contributed by atoms with Crippen molar-refractivity contribution in [2.24, 2.45) is 5.92 Å². The molecular weight excluding hydrogens is 308 g/mol. The van der Waals surface area contributed by atoms with E-state index in [-0.39, 0.29) is 0 Å². The summed E-state index contributed by atoms with van der Waals surface area (Å²) in [5.74, 6) is 1.57. The van der Waals surface area contributed by atoms with Gasteiger partial charge in [-0.05, 0) is 58.8 Å². The van der Waals surface area contributed by atoms with E-state index in [1.165, 1.54) is 11.1 Å². The van der Waals surface area contributed by atoms with Crippen LogP contribution in [-0.4, -0.2) is 12.4 Å². The van der Waals surface area contributed by atoms with Crippen molar-refractivity contribution < 1.29 is 4.74 Å². The van der Waals surface area contributed by atoms with E-state index in [0.29, 0.717) is 5.92 Å². The van der Waals surface area contributed by atoms with Crippen molar-refractivity contribution in [2.45, 2.75) is 12.8 Å². The van der Waals surface area contributed by atoms with Crippen molar-refractivity contribution >= 4 is 27.3 Å². The Kier molecular flexibility index (Phi) is 5.26. The molecule has 1 aromatic heterocycles. The van der Waals surface area contributed by atoms with Gasteiger partial charge in [-0.3, -0.25) is 0 Å². The van der Waals surface area contributed by atoms with E-state index in [4.69, 9.17) is 4.74 Å². The van der Waals surface area contributed by atoms with Crippen molar-refractivity contribution in [1.82, 2.24) is 0 Å². The first-order valence-corrected chi connectivity index (χ1v) is 8.08. The highest BCUT2D eigenvalue weighted by molar-refractivity contribution is 9.09. The average molecular weight is 325 g/mol. The first kappa shape index (κ1) is 13.6. The van der Waals surface area contributed by atoms with Crippen LogP contribution in [-0.2, 0) is 12.8 Å². The molecule has 0 N–H and O–H groups in total. The highest BCUT2D eigenvalue weighted by Gasteiger charge is 2.10. The predicted molar refractivity (Wildman–Crippen MR) is 82.0 cm³/mol. The molecule has 18 heavy (non-hydrogen) atoms. The molecule has 0 radical (unpaired) electrons. The van der Waals surface area contributed by atoms with E-state index in [0.717, 1.165) is 23.9 Å². The van der Waals surface area contributed by atoms with Gasteiger partial charge in [0.1, 0.15) is 5.75 Å².